The number of thiophene rings is 1. The quantitative estimate of drug-likeness (QED) is 0.147. The van der Waals surface area contributed by atoms with E-state index < -0.39 is 0 Å². The number of hydrogen-bond donors (Lipinski definition) is 0. The molecule has 0 saturated carbocycles. The smallest absolute Gasteiger partial charge is 0.0541 e. The molecule has 64 heavy (non-hydrogen) atoms. The van der Waals surface area contributed by atoms with Gasteiger partial charge < -0.3 is 4.90 Å². The van der Waals surface area contributed by atoms with E-state index in [1.165, 1.54) is 86.2 Å². The van der Waals surface area contributed by atoms with Crippen LogP contribution in [0.15, 0.2) is 249 Å². The molecule has 12 rings (SSSR count). The lowest BCUT2D eigenvalue weighted by molar-refractivity contribution is 1.29. The largest absolute Gasteiger partial charge is 0.309 e. The predicted octanol–water partition coefficient (Wildman–Crippen LogP) is 18.2. The summed E-state index contributed by atoms with van der Waals surface area (Å²) in [6.45, 7) is 0. The van der Waals surface area contributed by atoms with E-state index >= 15 is 0 Å². The molecule has 2 heteroatoms. The maximum absolute atomic E-state index is 2.54. The van der Waals surface area contributed by atoms with Crippen molar-refractivity contribution in [2.45, 2.75) is 0 Å². The molecule has 0 saturated heterocycles. The Morgan fingerprint density at radius 2 is 0.609 bits per heavy atom. The second kappa shape index (κ2) is 16.0. The fourth-order valence-electron chi connectivity index (χ4n) is 9.89. The zero-order valence-corrected chi connectivity index (χ0v) is 35.8. The molecule has 0 radical (unpaired) electrons. The Bertz CT molecular complexity index is 3500. The Labute approximate surface area is 377 Å². The molecule has 0 atom stereocenters. The molecule has 0 amide bonds. The summed E-state index contributed by atoms with van der Waals surface area (Å²) < 4.78 is 2.59. The van der Waals surface area contributed by atoms with Crippen molar-refractivity contribution < 1.29 is 0 Å². The van der Waals surface area contributed by atoms with Crippen LogP contribution in [0.25, 0.3) is 97.4 Å². The van der Waals surface area contributed by atoms with Crippen LogP contribution in [0.2, 0.25) is 0 Å². The summed E-state index contributed by atoms with van der Waals surface area (Å²) in [5, 5.41) is 7.48. The summed E-state index contributed by atoms with van der Waals surface area (Å²) in [6.07, 6.45) is 0. The normalized spacial score (nSPS) is 11.4. The molecule has 0 spiro atoms. The number of benzene rings is 11. The number of anilines is 3. The van der Waals surface area contributed by atoms with Crippen LogP contribution in [-0.4, -0.2) is 0 Å². The molecule has 0 aliphatic rings. The lowest BCUT2D eigenvalue weighted by Crippen LogP contribution is -2.13. The third-order valence-electron chi connectivity index (χ3n) is 12.7. The molecule has 1 heterocycles. The van der Waals surface area contributed by atoms with E-state index in [0.717, 1.165) is 28.2 Å². The van der Waals surface area contributed by atoms with E-state index in [4.69, 9.17) is 0 Å². The summed E-state index contributed by atoms with van der Waals surface area (Å²) in [5.41, 5.74) is 15.2. The van der Waals surface area contributed by atoms with Crippen LogP contribution in [0.3, 0.4) is 0 Å². The molecular formula is C62H41NS. The Hall–Kier alpha value is -8.04. The highest BCUT2D eigenvalue weighted by Gasteiger charge is 2.26. The van der Waals surface area contributed by atoms with Crippen LogP contribution in [0.4, 0.5) is 17.1 Å². The van der Waals surface area contributed by atoms with Gasteiger partial charge >= 0.3 is 0 Å². The second-order valence-corrected chi connectivity index (χ2v) is 17.4. The van der Waals surface area contributed by atoms with Gasteiger partial charge in [-0.3, -0.25) is 0 Å². The van der Waals surface area contributed by atoms with Crippen LogP contribution in [0, 0.1) is 0 Å². The molecule has 1 nitrogen and oxygen atoms in total. The maximum Gasteiger partial charge on any atom is 0.0541 e. The van der Waals surface area contributed by atoms with Crippen molar-refractivity contribution in [2.75, 3.05) is 4.90 Å². The average Bonchev–Trinajstić information content (AvgIpc) is 3.76. The van der Waals surface area contributed by atoms with E-state index in [1.807, 2.05) is 11.3 Å². The molecule has 12 aromatic rings. The first-order chi connectivity index (χ1) is 31.8. The standard InChI is InChI=1S/C62H41NS/c1-3-20-42(21-4-1)46-32-15-24-44-26-17-34-52(60(44)46)48-28-7-11-38-56(48)63(58-40-13-9-30-50(58)54-36-19-37-55-51-31-10-14-41-59(51)64-62(54)55)57-39-12-8-29-49(57)53-35-18-27-45-25-16-33-47(61(45)53)43-22-5-2-6-23-43/h1-41H. The van der Waals surface area contributed by atoms with Crippen LogP contribution in [0.5, 0.6) is 0 Å². The Morgan fingerprint density at radius 1 is 0.250 bits per heavy atom. The molecule has 11 aromatic carbocycles. The van der Waals surface area contributed by atoms with Crippen LogP contribution < -0.4 is 4.90 Å². The lowest BCUT2D eigenvalue weighted by atomic mass is 9.89. The first-order valence-corrected chi connectivity index (χ1v) is 22.7. The summed E-state index contributed by atoms with van der Waals surface area (Å²) in [7, 11) is 0. The molecule has 300 valence electrons. The predicted molar refractivity (Wildman–Crippen MR) is 276 cm³/mol. The highest BCUT2D eigenvalue weighted by atomic mass is 32.1. The fourth-order valence-corrected chi connectivity index (χ4v) is 11.1. The second-order valence-electron chi connectivity index (χ2n) is 16.3. The van der Waals surface area contributed by atoms with Crippen molar-refractivity contribution in [3.8, 4) is 55.6 Å². The zero-order chi connectivity index (χ0) is 42.4. The number of para-hydroxylation sites is 3. The van der Waals surface area contributed by atoms with Gasteiger partial charge in [0.15, 0.2) is 0 Å². The first-order valence-electron chi connectivity index (χ1n) is 21.9. The minimum absolute atomic E-state index is 1.10. The van der Waals surface area contributed by atoms with Gasteiger partial charge in [-0.05, 0) is 79.2 Å². The van der Waals surface area contributed by atoms with E-state index in [1.54, 1.807) is 0 Å². The number of hydrogen-bond acceptors (Lipinski definition) is 2. The van der Waals surface area contributed by atoms with Crippen molar-refractivity contribution in [2.24, 2.45) is 0 Å². The number of rotatable bonds is 8. The highest BCUT2D eigenvalue weighted by molar-refractivity contribution is 7.26. The van der Waals surface area contributed by atoms with Crippen LogP contribution >= 0.6 is 11.3 Å². The summed E-state index contributed by atoms with van der Waals surface area (Å²) in [6, 6.07) is 91.1. The minimum atomic E-state index is 1.10. The van der Waals surface area contributed by atoms with Gasteiger partial charge in [0.1, 0.15) is 0 Å². The number of nitrogens with zero attached hydrogens (tertiary/aromatic N) is 1. The van der Waals surface area contributed by atoms with Gasteiger partial charge in [0, 0.05) is 42.4 Å². The van der Waals surface area contributed by atoms with Crippen molar-refractivity contribution in [3.63, 3.8) is 0 Å². The topological polar surface area (TPSA) is 3.24 Å². The molecule has 0 fully saturated rings. The molecular weight excluding hydrogens is 791 g/mol. The lowest BCUT2D eigenvalue weighted by Gasteiger charge is -2.32. The highest BCUT2D eigenvalue weighted by Crippen LogP contribution is 2.52. The fraction of sp³-hybridized carbons (Fsp3) is 0. The van der Waals surface area contributed by atoms with Gasteiger partial charge in [-0.1, -0.05) is 224 Å². The van der Waals surface area contributed by atoms with Gasteiger partial charge in [-0.25, -0.2) is 0 Å². The van der Waals surface area contributed by atoms with E-state index in [2.05, 4.69) is 254 Å². The third-order valence-corrected chi connectivity index (χ3v) is 13.9. The summed E-state index contributed by atoms with van der Waals surface area (Å²) in [4.78, 5) is 2.54. The zero-order valence-electron chi connectivity index (χ0n) is 35.0. The van der Waals surface area contributed by atoms with Gasteiger partial charge in [0.2, 0.25) is 0 Å². The molecule has 0 aliphatic heterocycles. The minimum Gasteiger partial charge on any atom is -0.309 e. The van der Waals surface area contributed by atoms with Crippen molar-refractivity contribution in [3.05, 3.63) is 249 Å². The molecule has 1 aromatic heterocycles. The van der Waals surface area contributed by atoms with Gasteiger partial charge in [-0.2, -0.15) is 0 Å². The van der Waals surface area contributed by atoms with Crippen LogP contribution in [-0.2, 0) is 0 Å². The van der Waals surface area contributed by atoms with Crippen molar-refractivity contribution in [1.29, 1.82) is 0 Å². The van der Waals surface area contributed by atoms with E-state index in [0.29, 0.717) is 0 Å². The summed E-state index contributed by atoms with van der Waals surface area (Å²) >= 11 is 1.88. The SMILES string of the molecule is c1ccc(-c2cccc3cccc(-c4ccccc4N(c4ccccc4-c4cccc5c4sc4ccccc45)c4ccccc4-c4cccc5cccc(-c6ccccc6)c45)c23)cc1. The van der Waals surface area contributed by atoms with Gasteiger partial charge in [0.25, 0.3) is 0 Å². The van der Waals surface area contributed by atoms with Crippen molar-refractivity contribution in [1.82, 2.24) is 0 Å². The molecule has 0 unspecified atom stereocenters. The van der Waals surface area contributed by atoms with E-state index in [9.17, 15) is 0 Å². The number of fused-ring (bicyclic) bond motifs is 5. The Morgan fingerprint density at radius 3 is 1.12 bits per heavy atom. The Kier molecular flexibility index (Phi) is 9.43. The first kappa shape index (κ1) is 37.7. The van der Waals surface area contributed by atoms with E-state index in [-0.39, 0.29) is 0 Å². The third kappa shape index (κ3) is 6.38. The molecule has 0 N–H and O–H groups in total. The average molecular weight is 832 g/mol. The maximum atomic E-state index is 2.54. The van der Waals surface area contributed by atoms with Crippen LogP contribution in [0.1, 0.15) is 0 Å². The molecule has 0 aliphatic carbocycles. The molecule has 0 bridgehead atoms. The van der Waals surface area contributed by atoms with Gasteiger partial charge in [-0.15, -0.1) is 11.3 Å². The van der Waals surface area contributed by atoms with Gasteiger partial charge in [0.05, 0.1) is 17.1 Å². The monoisotopic (exact) mass is 831 g/mol. The van der Waals surface area contributed by atoms with Crippen molar-refractivity contribution >= 4 is 70.1 Å². The Balaban J connectivity index is 1.17. The summed E-state index contributed by atoms with van der Waals surface area (Å²) in [5.74, 6) is 0.